The van der Waals surface area contributed by atoms with E-state index in [9.17, 15) is 4.79 Å². The molecule has 2 rings (SSSR count). The molecule has 1 amide bonds. The Bertz CT molecular complexity index is 439. The molecule has 112 valence electrons. The zero-order chi connectivity index (χ0) is 14.5. The summed E-state index contributed by atoms with van der Waals surface area (Å²) < 4.78 is 10.6. The molecule has 0 aromatic carbocycles. The van der Waals surface area contributed by atoms with Crippen LogP contribution in [0.5, 0.6) is 0 Å². The molecule has 0 aliphatic carbocycles. The Morgan fingerprint density at radius 3 is 2.90 bits per heavy atom. The molecule has 0 radical (unpaired) electrons. The van der Waals surface area contributed by atoms with Crippen molar-refractivity contribution in [2.75, 3.05) is 13.2 Å². The number of nitrogens with zero attached hydrogens (tertiary/aromatic N) is 3. The molecular weight excluding hydrogens is 258 g/mol. The van der Waals surface area contributed by atoms with E-state index in [4.69, 9.17) is 9.26 Å². The van der Waals surface area contributed by atoms with Gasteiger partial charge in [-0.15, -0.1) is 0 Å². The molecule has 1 aliphatic rings. The monoisotopic (exact) mass is 281 g/mol. The number of carbonyl (C=O) groups excluding carboxylic acids is 1. The van der Waals surface area contributed by atoms with Gasteiger partial charge in [-0.25, -0.2) is 0 Å². The summed E-state index contributed by atoms with van der Waals surface area (Å²) in [5.74, 6) is 1.70. The third kappa shape index (κ3) is 3.79. The van der Waals surface area contributed by atoms with Crippen molar-refractivity contribution in [2.24, 2.45) is 5.92 Å². The number of ether oxygens (including phenoxy) is 1. The second kappa shape index (κ2) is 6.83. The van der Waals surface area contributed by atoms with Gasteiger partial charge in [0.1, 0.15) is 6.10 Å². The van der Waals surface area contributed by atoms with Crippen LogP contribution in [0, 0.1) is 5.92 Å². The molecule has 2 heterocycles. The molecular formula is C14H23N3O3. The average molecular weight is 281 g/mol. The molecule has 0 unspecified atom stereocenters. The second-order valence-corrected chi connectivity index (χ2v) is 5.56. The van der Waals surface area contributed by atoms with Gasteiger partial charge in [0.25, 0.3) is 5.91 Å². The predicted molar refractivity (Wildman–Crippen MR) is 72.9 cm³/mol. The Morgan fingerprint density at radius 2 is 2.30 bits per heavy atom. The first kappa shape index (κ1) is 15.0. The Balaban J connectivity index is 1.95. The smallest absolute Gasteiger partial charge is 0.252 e. The average Bonchev–Trinajstić information content (AvgIpc) is 3.05. The highest BCUT2D eigenvalue weighted by Gasteiger charge is 2.28. The van der Waals surface area contributed by atoms with Gasteiger partial charge < -0.3 is 14.2 Å². The third-order valence-corrected chi connectivity index (χ3v) is 3.32. The van der Waals surface area contributed by atoms with Gasteiger partial charge in [-0.05, 0) is 25.7 Å². The maximum Gasteiger partial charge on any atom is 0.252 e. The lowest BCUT2D eigenvalue weighted by Gasteiger charge is -2.22. The zero-order valence-electron chi connectivity index (χ0n) is 12.5. The Labute approximate surface area is 119 Å². The van der Waals surface area contributed by atoms with Gasteiger partial charge in [-0.2, -0.15) is 4.98 Å². The molecule has 1 aromatic heterocycles. The highest BCUT2D eigenvalue weighted by atomic mass is 16.5. The van der Waals surface area contributed by atoms with Gasteiger partial charge in [-0.3, -0.25) is 4.79 Å². The highest BCUT2D eigenvalue weighted by molar-refractivity contribution is 5.81. The molecule has 20 heavy (non-hydrogen) atoms. The zero-order valence-corrected chi connectivity index (χ0v) is 12.5. The van der Waals surface area contributed by atoms with Crippen LogP contribution in [0.1, 0.15) is 45.3 Å². The van der Waals surface area contributed by atoms with Crippen molar-refractivity contribution in [1.82, 2.24) is 15.0 Å². The summed E-state index contributed by atoms with van der Waals surface area (Å²) in [4.78, 5) is 18.3. The molecule has 0 saturated carbocycles. The van der Waals surface area contributed by atoms with Gasteiger partial charge in [-0.1, -0.05) is 19.0 Å². The number of amides is 1. The summed E-state index contributed by atoms with van der Waals surface area (Å²) in [7, 11) is 0. The molecule has 0 N–H and O–H groups in total. The van der Waals surface area contributed by atoms with Crippen LogP contribution in [0.3, 0.4) is 0 Å². The number of hydrogen-bond donors (Lipinski definition) is 0. The van der Waals surface area contributed by atoms with E-state index in [-0.39, 0.29) is 12.0 Å². The SMILES string of the molecule is CCN(Cc1noc(CC(C)C)n1)C(=O)[C@@H]1CCCO1. The van der Waals surface area contributed by atoms with Crippen LogP contribution in [0.15, 0.2) is 4.52 Å². The highest BCUT2D eigenvalue weighted by Crippen LogP contribution is 2.16. The number of likely N-dealkylation sites (N-methyl/N-ethyl adjacent to an activating group) is 1. The third-order valence-electron chi connectivity index (χ3n) is 3.32. The summed E-state index contributed by atoms with van der Waals surface area (Å²) in [6.07, 6.45) is 2.23. The molecule has 1 aromatic rings. The fraction of sp³-hybridized carbons (Fsp3) is 0.786. The van der Waals surface area contributed by atoms with E-state index in [1.54, 1.807) is 4.90 Å². The topological polar surface area (TPSA) is 68.5 Å². The minimum absolute atomic E-state index is 0.0280. The van der Waals surface area contributed by atoms with Gasteiger partial charge in [0.15, 0.2) is 5.82 Å². The maximum atomic E-state index is 12.3. The van der Waals surface area contributed by atoms with Crippen LogP contribution in [0.2, 0.25) is 0 Å². The number of aromatic nitrogens is 2. The standard InChI is InChI=1S/C14H23N3O3/c1-4-17(14(18)11-6-5-7-19-11)9-12-15-13(20-16-12)8-10(2)3/h10-11H,4-9H2,1-3H3/t11-/m0/s1. The summed E-state index contributed by atoms with van der Waals surface area (Å²) in [6.45, 7) is 7.83. The van der Waals surface area contributed by atoms with E-state index in [2.05, 4.69) is 24.0 Å². The lowest BCUT2D eigenvalue weighted by Crippen LogP contribution is -2.38. The number of hydrogen-bond acceptors (Lipinski definition) is 5. The minimum Gasteiger partial charge on any atom is -0.368 e. The summed E-state index contributed by atoms with van der Waals surface area (Å²) in [6, 6.07) is 0. The van der Waals surface area contributed by atoms with Crippen LogP contribution in [-0.4, -0.2) is 40.2 Å². The van der Waals surface area contributed by atoms with Crippen LogP contribution < -0.4 is 0 Å². The Morgan fingerprint density at radius 1 is 1.50 bits per heavy atom. The van der Waals surface area contributed by atoms with E-state index in [1.807, 2.05) is 6.92 Å². The lowest BCUT2D eigenvalue weighted by molar-refractivity contribution is -0.141. The minimum atomic E-state index is -0.294. The molecule has 1 saturated heterocycles. The summed E-state index contributed by atoms with van der Waals surface area (Å²) in [5, 5.41) is 3.95. The van der Waals surface area contributed by atoms with Crippen LogP contribution in [-0.2, 0) is 22.5 Å². The first-order valence-corrected chi connectivity index (χ1v) is 7.32. The normalized spacial score (nSPS) is 18.7. The molecule has 0 spiro atoms. The molecule has 6 heteroatoms. The van der Waals surface area contributed by atoms with Crippen molar-refractivity contribution >= 4 is 5.91 Å². The van der Waals surface area contributed by atoms with E-state index in [0.29, 0.717) is 37.3 Å². The lowest BCUT2D eigenvalue weighted by atomic mass is 10.1. The van der Waals surface area contributed by atoms with Crippen molar-refractivity contribution in [3.05, 3.63) is 11.7 Å². The molecule has 1 atom stereocenters. The van der Waals surface area contributed by atoms with Gasteiger partial charge in [0.2, 0.25) is 5.89 Å². The van der Waals surface area contributed by atoms with Crippen molar-refractivity contribution < 1.29 is 14.1 Å². The van der Waals surface area contributed by atoms with E-state index >= 15 is 0 Å². The van der Waals surface area contributed by atoms with Crippen molar-refractivity contribution in [3.8, 4) is 0 Å². The second-order valence-electron chi connectivity index (χ2n) is 5.56. The molecule has 6 nitrogen and oxygen atoms in total. The van der Waals surface area contributed by atoms with Crippen LogP contribution in [0.25, 0.3) is 0 Å². The maximum absolute atomic E-state index is 12.3. The first-order valence-electron chi connectivity index (χ1n) is 7.32. The molecule has 1 aliphatic heterocycles. The fourth-order valence-electron chi connectivity index (χ4n) is 2.28. The van der Waals surface area contributed by atoms with E-state index < -0.39 is 0 Å². The predicted octanol–water partition coefficient (Wildman–Crippen LogP) is 1.80. The van der Waals surface area contributed by atoms with Gasteiger partial charge in [0, 0.05) is 19.6 Å². The van der Waals surface area contributed by atoms with E-state index in [1.165, 1.54) is 0 Å². The summed E-state index contributed by atoms with van der Waals surface area (Å²) in [5.41, 5.74) is 0. The number of rotatable bonds is 6. The van der Waals surface area contributed by atoms with Gasteiger partial charge >= 0.3 is 0 Å². The number of carbonyl (C=O) groups is 1. The van der Waals surface area contributed by atoms with Crippen LogP contribution in [0.4, 0.5) is 0 Å². The summed E-state index contributed by atoms with van der Waals surface area (Å²) >= 11 is 0. The Kier molecular flexibility index (Phi) is 5.11. The van der Waals surface area contributed by atoms with E-state index in [0.717, 1.165) is 19.3 Å². The van der Waals surface area contributed by atoms with Crippen molar-refractivity contribution in [2.45, 2.75) is 52.7 Å². The Hall–Kier alpha value is -1.43. The van der Waals surface area contributed by atoms with Crippen molar-refractivity contribution in [1.29, 1.82) is 0 Å². The van der Waals surface area contributed by atoms with Crippen molar-refractivity contribution in [3.63, 3.8) is 0 Å². The fourth-order valence-corrected chi connectivity index (χ4v) is 2.28. The van der Waals surface area contributed by atoms with Crippen LogP contribution >= 0.6 is 0 Å². The largest absolute Gasteiger partial charge is 0.368 e. The quantitative estimate of drug-likeness (QED) is 0.795. The first-order chi connectivity index (χ1) is 9.60. The molecule has 1 fully saturated rings. The van der Waals surface area contributed by atoms with Gasteiger partial charge in [0.05, 0.1) is 6.54 Å². The molecule has 0 bridgehead atoms.